The van der Waals surface area contributed by atoms with E-state index in [1.807, 2.05) is 6.07 Å². The molecule has 0 amide bonds. The second-order valence-electron chi connectivity index (χ2n) is 2.87. The molecule has 0 bridgehead atoms. The van der Waals surface area contributed by atoms with Crippen molar-refractivity contribution in [1.29, 1.82) is 0 Å². The predicted octanol–water partition coefficient (Wildman–Crippen LogP) is 3.87. The van der Waals surface area contributed by atoms with E-state index < -0.39 is 0 Å². The Kier molecular flexibility index (Phi) is 2.40. The van der Waals surface area contributed by atoms with Crippen LogP contribution in [-0.4, -0.2) is 5.78 Å². The maximum atomic E-state index is 11.5. The molecule has 1 aliphatic rings. The average molecular weight is 310 g/mol. The Bertz CT molecular complexity index is 308. The third kappa shape index (κ3) is 1.65. The van der Waals surface area contributed by atoms with E-state index in [0.717, 1.165) is 26.0 Å². The molecule has 1 heterocycles. The van der Waals surface area contributed by atoms with Crippen LogP contribution in [0.4, 0.5) is 0 Å². The SMILES string of the molecule is O=C(c1cc(Br)c(Br)s1)C1CC1. The monoisotopic (exact) mass is 308 g/mol. The maximum Gasteiger partial charge on any atom is 0.175 e. The summed E-state index contributed by atoms with van der Waals surface area (Å²) >= 11 is 8.25. The molecule has 64 valence electrons. The van der Waals surface area contributed by atoms with Crippen LogP contribution in [0.5, 0.6) is 0 Å². The van der Waals surface area contributed by atoms with E-state index >= 15 is 0 Å². The van der Waals surface area contributed by atoms with Gasteiger partial charge in [-0.3, -0.25) is 4.79 Å². The normalized spacial score (nSPS) is 16.5. The minimum atomic E-state index is 0.311. The number of Topliss-reactive ketones (excluding diaryl/α,β-unsaturated/α-hetero) is 1. The summed E-state index contributed by atoms with van der Waals surface area (Å²) in [7, 11) is 0. The van der Waals surface area contributed by atoms with E-state index in [0.29, 0.717) is 11.7 Å². The quantitative estimate of drug-likeness (QED) is 0.758. The van der Waals surface area contributed by atoms with Gasteiger partial charge in [0.1, 0.15) is 0 Å². The molecule has 12 heavy (non-hydrogen) atoms. The summed E-state index contributed by atoms with van der Waals surface area (Å²) in [6.45, 7) is 0. The minimum absolute atomic E-state index is 0.311. The molecule has 1 aromatic heterocycles. The summed E-state index contributed by atoms with van der Waals surface area (Å²) in [5.74, 6) is 0.633. The highest BCUT2D eigenvalue weighted by molar-refractivity contribution is 9.13. The van der Waals surface area contributed by atoms with Crippen LogP contribution in [0.1, 0.15) is 22.5 Å². The highest BCUT2D eigenvalue weighted by Crippen LogP contribution is 2.38. The van der Waals surface area contributed by atoms with Crippen molar-refractivity contribution in [3.05, 3.63) is 19.2 Å². The standard InChI is InChI=1S/C8H6Br2OS/c9-5-3-6(12-8(5)10)7(11)4-1-2-4/h3-4H,1-2H2. The molecule has 1 nitrogen and oxygen atoms in total. The fourth-order valence-electron chi connectivity index (χ4n) is 1.01. The van der Waals surface area contributed by atoms with Gasteiger partial charge < -0.3 is 0 Å². The van der Waals surface area contributed by atoms with Crippen LogP contribution in [-0.2, 0) is 0 Å². The zero-order valence-corrected chi connectivity index (χ0v) is 10.1. The van der Waals surface area contributed by atoms with Gasteiger partial charge in [0.15, 0.2) is 5.78 Å². The second-order valence-corrected chi connectivity index (χ2v) is 6.10. The zero-order valence-electron chi connectivity index (χ0n) is 6.14. The largest absolute Gasteiger partial charge is 0.293 e. The second kappa shape index (κ2) is 3.24. The molecule has 0 aromatic carbocycles. The van der Waals surface area contributed by atoms with E-state index in [2.05, 4.69) is 31.9 Å². The molecular formula is C8H6Br2OS. The van der Waals surface area contributed by atoms with Gasteiger partial charge >= 0.3 is 0 Å². The van der Waals surface area contributed by atoms with Crippen LogP contribution >= 0.6 is 43.2 Å². The predicted molar refractivity (Wildman–Crippen MR) is 56.8 cm³/mol. The summed E-state index contributed by atoms with van der Waals surface area (Å²) in [4.78, 5) is 12.4. The van der Waals surface area contributed by atoms with Crippen molar-refractivity contribution in [2.75, 3.05) is 0 Å². The molecule has 0 aliphatic heterocycles. The molecule has 4 heteroatoms. The van der Waals surface area contributed by atoms with Gasteiger partial charge in [0.25, 0.3) is 0 Å². The Morgan fingerprint density at radius 3 is 2.58 bits per heavy atom. The lowest BCUT2D eigenvalue weighted by Gasteiger charge is -1.89. The Morgan fingerprint density at radius 2 is 2.17 bits per heavy atom. The van der Waals surface area contributed by atoms with E-state index in [9.17, 15) is 4.79 Å². The lowest BCUT2D eigenvalue weighted by molar-refractivity contribution is 0.0971. The van der Waals surface area contributed by atoms with Crippen molar-refractivity contribution in [1.82, 2.24) is 0 Å². The Labute approximate surface area is 91.4 Å². The molecule has 1 aromatic rings. The minimum Gasteiger partial charge on any atom is -0.293 e. The molecule has 0 spiro atoms. The van der Waals surface area contributed by atoms with Gasteiger partial charge in [0, 0.05) is 10.4 Å². The molecule has 0 N–H and O–H groups in total. The van der Waals surface area contributed by atoms with Crippen molar-refractivity contribution in [3.8, 4) is 0 Å². The number of halogens is 2. The summed E-state index contributed by atoms with van der Waals surface area (Å²) < 4.78 is 1.99. The Hall–Kier alpha value is 0.330. The number of hydrogen-bond acceptors (Lipinski definition) is 2. The Morgan fingerprint density at radius 1 is 1.50 bits per heavy atom. The van der Waals surface area contributed by atoms with Crippen LogP contribution in [0.25, 0.3) is 0 Å². The van der Waals surface area contributed by atoms with Gasteiger partial charge in [-0.15, -0.1) is 11.3 Å². The Balaban J connectivity index is 2.27. The molecule has 0 saturated heterocycles. The van der Waals surface area contributed by atoms with Gasteiger partial charge in [-0.1, -0.05) is 0 Å². The average Bonchev–Trinajstić information content (AvgIpc) is 2.80. The molecule has 2 rings (SSSR count). The van der Waals surface area contributed by atoms with E-state index in [1.165, 1.54) is 11.3 Å². The number of carbonyl (C=O) groups excluding carboxylic acids is 1. The first-order chi connectivity index (χ1) is 5.68. The number of rotatable bonds is 2. The molecule has 1 saturated carbocycles. The molecule has 0 unspecified atom stereocenters. The van der Waals surface area contributed by atoms with Gasteiger partial charge in [-0.25, -0.2) is 0 Å². The fraction of sp³-hybridized carbons (Fsp3) is 0.375. The van der Waals surface area contributed by atoms with Gasteiger partial charge in [0.05, 0.1) is 8.66 Å². The van der Waals surface area contributed by atoms with Crippen molar-refractivity contribution in [2.45, 2.75) is 12.8 Å². The van der Waals surface area contributed by atoms with Gasteiger partial charge in [-0.2, -0.15) is 0 Å². The summed E-state index contributed by atoms with van der Waals surface area (Å²) in [6.07, 6.45) is 2.15. The van der Waals surface area contributed by atoms with Crippen LogP contribution in [0.3, 0.4) is 0 Å². The molecule has 1 fully saturated rings. The highest BCUT2D eigenvalue weighted by Gasteiger charge is 2.31. The molecule has 0 radical (unpaired) electrons. The van der Waals surface area contributed by atoms with Crippen LogP contribution < -0.4 is 0 Å². The smallest absolute Gasteiger partial charge is 0.175 e. The van der Waals surface area contributed by atoms with Gasteiger partial charge in [-0.05, 0) is 50.8 Å². The van der Waals surface area contributed by atoms with Crippen LogP contribution in [0, 0.1) is 5.92 Å². The fourth-order valence-corrected chi connectivity index (χ4v) is 3.07. The van der Waals surface area contributed by atoms with Crippen molar-refractivity contribution in [2.24, 2.45) is 5.92 Å². The number of carbonyl (C=O) groups is 1. The molecule has 0 atom stereocenters. The topological polar surface area (TPSA) is 17.1 Å². The molecular weight excluding hydrogens is 304 g/mol. The molecule has 1 aliphatic carbocycles. The summed E-state index contributed by atoms with van der Waals surface area (Å²) in [5.41, 5.74) is 0. The van der Waals surface area contributed by atoms with Crippen molar-refractivity contribution in [3.63, 3.8) is 0 Å². The van der Waals surface area contributed by atoms with E-state index in [-0.39, 0.29) is 0 Å². The van der Waals surface area contributed by atoms with Crippen molar-refractivity contribution < 1.29 is 4.79 Å². The van der Waals surface area contributed by atoms with Gasteiger partial charge in [0.2, 0.25) is 0 Å². The van der Waals surface area contributed by atoms with Crippen LogP contribution in [0.2, 0.25) is 0 Å². The highest BCUT2D eigenvalue weighted by atomic mass is 79.9. The van der Waals surface area contributed by atoms with E-state index in [4.69, 9.17) is 0 Å². The maximum absolute atomic E-state index is 11.5. The first-order valence-electron chi connectivity index (χ1n) is 3.67. The summed E-state index contributed by atoms with van der Waals surface area (Å²) in [5, 5.41) is 0. The lowest BCUT2D eigenvalue weighted by atomic mass is 10.2. The third-order valence-electron chi connectivity index (χ3n) is 1.84. The number of ketones is 1. The zero-order chi connectivity index (χ0) is 8.72. The van der Waals surface area contributed by atoms with Crippen molar-refractivity contribution >= 4 is 49.0 Å². The van der Waals surface area contributed by atoms with E-state index in [1.54, 1.807) is 0 Å². The first kappa shape index (κ1) is 8.91. The first-order valence-corrected chi connectivity index (χ1v) is 6.08. The third-order valence-corrected chi connectivity index (χ3v) is 5.11. The number of thiophene rings is 1. The van der Waals surface area contributed by atoms with Crippen LogP contribution in [0.15, 0.2) is 14.3 Å². The number of hydrogen-bond donors (Lipinski definition) is 0. The summed E-state index contributed by atoms with van der Waals surface area (Å²) in [6, 6.07) is 1.90. The lowest BCUT2D eigenvalue weighted by Crippen LogP contribution is -1.96.